The van der Waals surface area contributed by atoms with Gasteiger partial charge in [0.1, 0.15) is 6.10 Å². The van der Waals surface area contributed by atoms with Crippen molar-refractivity contribution >= 4 is 5.97 Å². The van der Waals surface area contributed by atoms with E-state index in [1.807, 2.05) is 0 Å². The molecular weight excluding hydrogens is 214 g/mol. The molecule has 0 radical (unpaired) electrons. The molecule has 0 rings (SSSR count). The molecule has 0 aliphatic carbocycles. The van der Waals surface area contributed by atoms with Crippen LogP contribution in [0.5, 0.6) is 0 Å². The zero-order chi connectivity index (χ0) is 12.9. The van der Waals surface area contributed by atoms with Crippen LogP contribution in [0.4, 0.5) is 0 Å². The van der Waals surface area contributed by atoms with Gasteiger partial charge in [-0.3, -0.25) is 4.79 Å². The monoisotopic (exact) mass is 243 g/mol. The van der Waals surface area contributed by atoms with Crippen LogP contribution < -0.4 is 5.73 Å². The van der Waals surface area contributed by atoms with E-state index in [-0.39, 0.29) is 12.1 Å². The third-order valence-electron chi connectivity index (χ3n) is 2.97. The first-order valence-corrected chi connectivity index (χ1v) is 7.14. The van der Waals surface area contributed by atoms with E-state index in [1.54, 1.807) is 0 Å². The van der Waals surface area contributed by atoms with Gasteiger partial charge in [0.2, 0.25) is 0 Å². The van der Waals surface area contributed by atoms with E-state index in [2.05, 4.69) is 13.8 Å². The number of esters is 1. The molecule has 0 aromatic rings. The Morgan fingerprint density at radius 1 is 1.12 bits per heavy atom. The number of unbranched alkanes of at least 4 members (excludes halogenated alkanes) is 4. The average molecular weight is 243 g/mol. The second-order valence-electron chi connectivity index (χ2n) is 4.62. The van der Waals surface area contributed by atoms with Gasteiger partial charge in [-0.15, -0.1) is 0 Å². The first kappa shape index (κ1) is 16.4. The summed E-state index contributed by atoms with van der Waals surface area (Å²) in [5.74, 6) is -0.0271. The fourth-order valence-corrected chi connectivity index (χ4v) is 1.79. The van der Waals surface area contributed by atoms with Crippen LogP contribution in [0.15, 0.2) is 0 Å². The molecule has 0 amide bonds. The lowest BCUT2D eigenvalue weighted by molar-refractivity contribution is -0.149. The summed E-state index contributed by atoms with van der Waals surface area (Å²) in [7, 11) is 0. The largest absolute Gasteiger partial charge is 0.462 e. The summed E-state index contributed by atoms with van der Waals surface area (Å²) in [4.78, 5) is 11.6. The highest BCUT2D eigenvalue weighted by atomic mass is 16.5. The van der Waals surface area contributed by atoms with Gasteiger partial charge < -0.3 is 10.5 Å². The highest BCUT2D eigenvalue weighted by Crippen LogP contribution is 2.11. The third kappa shape index (κ3) is 10.3. The summed E-state index contributed by atoms with van der Waals surface area (Å²) in [6.45, 7) is 4.99. The van der Waals surface area contributed by atoms with Gasteiger partial charge >= 0.3 is 5.97 Å². The summed E-state index contributed by atoms with van der Waals surface area (Å²) in [5, 5.41) is 0. The average Bonchev–Trinajstić information content (AvgIpc) is 2.34. The summed E-state index contributed by atoms with van der Waals surface area (Å²) < 4.78 is 5.44. The fourth-order valence-electron chi connectivity index (χ4n) is 1.79. The summed E-state index contributed by atoms with van der Waals surface area (Å²) in [6, 6.07) is 0. The van der Waals surface area contributed by atoms with Crippen LogP contribution in [0.3, 0.4) is 0 Å². The number of hydrogen-bond donors (Lipinski definition) is 1. The van der Waals surface area contributed by atoms with E-state index in [9.17, 15) is 4.79 Å². The number of ether oxygens (including phenoxy) is 1. The first-order valence-electron chi connectivity index (χ1n) is 7.14. The lowest BCUT2D eigenvalue weighted by Crippen LogP contribution is -2.17. The maximum atomic E-state index is 11.6. The van der Waals surface area contributed by atoms with Gasteiger partial charge in [0.05, 0.1) is 0 Å². The van der Waals surface area contributed by atoms with Crippen LogP contribution in [0.25, 0.3) is 0 Å². The minimum Gasteiger partial charge on any atom is -0.462 e. The van der Waals surface area contributed by atoms with Gasteiger partial charge in [0.15, 0.2) is 0 Å². The molecule has 17 heavy (non-hydrogen) atoms. The van der Waals surface area contributed by atoms with E-state index in [4.69, 9.17) is 10.5 Å². The van der Waals surface area contributed by atoms with Gasteiger partial charge in [-0.05, 0) is 32.2 Å². The Morgan fingerprint density at radius 2 is 1.82 bits per heavy atom. The second kappa shape index (κ2) is 11.9. The van der Waals surface area contributed by atoms with E-state index < -0.39 is 0 Å². The van der Waals surface area contributed by atoms with Gasteiger partial charge in [-0.2, -0.15) is 0 Å². The first-order chi connectivity index (χ1) is 8.24. The van der Waals surface area contributed by atoms with E-state index in [1.165, 1.54) is 0 Å². The summed E-state index contributed by atoms with van der Waals surface area (Å²) in [5.41, 5.74) is 5.41. The van der Waals surface area contributed by atoms with Crippen molar-refractivity contribution in [2.75, 3.05) is 6.54 Å². The molecule has 0 aliphatic heterocycles. The summed E-state index contributed by atoms with van der Waals surface area (Å²) >= 11 is 0. The third-order valence-corrected chi connectivity index (χ3v) is 2.97. The second-order valence-corrected chi connectivity index (χ2v) is 4.62. The molecule has 0 spiro atoms. The smallest absolute Gasteiger partial charge is 0.306 e. The van der Waals surface area contributed by atoms with Crippen molar-refractivity contribution < 1.29 is 9.53 Å². The minimum atomic E-state index is -0.0271. The molecular formula is C14H29NO2. The summed E-state index contributed by atoms with van der Waals surface area (Å²) in [6.07, 6.45) is 9.13. The normalized spacial score (nSPS) is 12.4. The van der Waals surface area contributed by atoms with Crippen molar-refractivity contribution in [2.24, 2.45) is 5.73 Å². The molecule has 0 aromatic heterocycles. The zero-order valence-electron chi connectivity index (χ0n) is 11.5. The van der Waals surface area contributed by atoms with Gasteiger partial charge in [-0.25, -0.2) is 0 Å². The van der Waals surface area contributed by atoms with Crippen LogP contribution in [-0.4, -0.2) is 18.6 Å². The van der Waals surface area contributed by atoms with E-state index >= 15 is 0 Å². The predicted molar refractivity (Wildman–Crippen MR) is 71.8 cm³/mol. The predicted octanol–water partition coefficient (Wildman–Crippen LogP) is 3.41. The lowest BCUT2D eigenvalue weighted by atomic mass is 10.1. The van der Waals surface area contributed by atoms with Crippen molar-refractivity contribution in [1.82, 2.24) is 0 Å². The highest BCUT2D eigenvalue weighted by Gasteiger charge is 2.11. The number of carbonyl (C=O) groups excluding carboxylic acids is 1. The molecule has 0 saturated heterocycles. The number of nitrogens with two attached hydrogens (primary N) is 1. The highest BCUT2D eigenvalue weighted by molar-refractivity contribution is 5.69. The Bertz CT molecular complexity index is 183. The Kier molecular flexibility index (Phi) is 11.5. The number of hydrogen-bond acceptors (Lipinski definition) is 3. The van der Waals surface area contributed by atoms with Crippen molar-refractivity contribution in [3.8, 4) is 0 Å². The van der Waals surface area contributed by atoms with Crippen LogP contribution in [0, 0.1) is 0 Å². The Balaban J connectivity index is 3.53. The van der Waals surface area contributed by atoms with Crippen LogP contribution in [-0.2, 0) is 9.53 Å². The molecule has 3 nitrogen and oxygen atoms in total. The standard InChI is InChI=1S/C14H29NO2/c1-3-5-10-13(4-2)17-14(16)11-8-6-7-9-12-15/h13H,3-12,15H2,1-2H3. The molecule has 0 bridgehead atoms. The lowest BCUT2D eigenvalue weighted by Gasteiger charge is -2.15. The molecule has 1 atom stereocenters. The molecule has 0 aliphatic rings. The van der Waals surface area contributed by atoms with E-state index in [0.29, 0.717) is 6.42 Å². The molecule has 102 valence electrons. The van der Waals surface area contributed by atoms with Gasteiger partial charge in [0, 0.05) is 6.42 Å². The van der Waals surface area contributed by atoms with Crippen LogP contribution in [0.1, 0.15) is 71.6 Å². The minimum absolute atomic E-state index is 0.0271. The van der Waals surface area contributed by atoms with Crippen molar-refractivity contribution in [2.45, 2.75) is 77.7 Å². The van der Waals surface area contributed by atoms with Gasteiger partial charge in [-0.1, -0.05) is 39.5 Å². The van der Waals surface area contributed by atoms with Crippen molar-refractivity contribution in [3.05, 3.63) is 0 Å². The van der Waals surface area contributed by atoms with Crippen LogP contribution in [0.2, 0.25) is 0 Å². The maximum absolute atomic E-state index is 11.6. The Hall–Kier alpha value is -0.570. The topological polar surface area (TPSA) is 52.3 Å². The zero-order valence-corrected chi connectivity index (χ0v) is 11.5. The Labute approximate surface area is 106 Å². The van der Waals surface area contributed by atoms with Gasteiger partial charge in [0.25, 0.3) is 0 Å². The maximum Gasteiger partial charge on any atom is 0.306 e. The molecule has 0 fully saturated rings. The number of carbonyl (C=O) groups is 1. The van der Waals surface area contributed by atoms with Crippen molar-refractivity contribution in [3.63, 3.8) is 0 Å². The molecule has 1 unspecified atom stereocenters. The molecule has 0 saturated carbocycles. The quantitative estimate of drug-likeness (QED) is 0.447. The van der Waals surface area contributed by atoms with Crippen molar-refractivity contribution in [1.29, 1.82) is 0 Å². The Morgan fingerprint density at radius 3 is 2.41 bits per heavy atom. The molecule has 0 aromatic carbocycles. The molecule has 0 heterocycles. The molecule has 2 N–H and O–H groups in total. The fraction of sp³-hybridized carbons (Fsp3) is 0.929. The SMILES string of the molecule is CCCCC(CC)OC(=O)CCCCCCN. The number of rotatable bonds is 11. The van der Waals surface area contributed by atoms with E-state index in [0.717, 1.165) is 57.9 Å². The molecule has 3 heteroatoms. The van der Waals surface area contributed by atoms with Crippen LogP contribution >= 0.6 is 0 Å².